The highest BCUT2D eigenvalue weighted by atomic mass is 16.3. The molecule has 0 spiro atoms. The minimum absolute atomic E-state index is 0.00476. The smallest absolute Gasteiger partial charge is 0.300 e. The Morgan fingerprint density at radius 1 is 0.886 bits per heavy atom. The second kappa shape index (κ2) is 8.99. The summed E-state index contributed by atoms with van der Waals surface area (Å²) in [5.74, 6) is -1.29. The monoisotopic (exact) mass is 464 g/mol. The van der Waals surface area contributed by atoms with E-state index in [0.717, 1.165) is 22.5 Å². The van der Waals surface area contributed by atoms with Crippen molar-refractivity contribution in [3.05, 3.63) is 119 Å². The van der Waals surface area contributed by atoms with Crippen molar-refractivity contribution in [1.82, 2.24) is 0 Å². The zero-order valence-corrected chi connectivity index (χ0v) is 19.4. The van der Waals surface area contributed by atoms with E-state index in [9.17, 15) is 14.7 Å². The minimum atomic E-state index is -0.891. The number of ketones is 1. The molecule has 4 aromatic rings. The van der Waals surface area contributed by atoms with Crippen LogP contribution in [0.15, 0.2) is 101 Å². The van der Waals surface area contributed by atoms with Gasteiger partial charge in [0.1, 0.15) is 17.6 Å². The quantitative estimate of drug-likeness (QED) is 0.207. The van der Waals surface area contributed by atoms with Crippen molar-refractivity contribution in [3.63, 3.8) is 0 Å². The van der Waals surface area contributed by atoms with Crippen LogP contribution in [0.4, 0.5) is 17.1 Å². The average molecular weight is 465 g/mol. The van der Waals surface area contributed by atoms with Gasteiger partial charge < -0.3 is 14.8 Å². The number of aliphatic hydroxyl groups excluding tert-OH is 1. The maximum absolute atomic E-state index is 13.3. The summed E-state index contributed by atoms with van der Waals surface area (Å²) in [6.45, 7) is 3.76. The normalized spacial score (nSPS) is 17.1. The van der Waals surface area contributed by atoms with Crippen LogP contribution in [0.1, 0.15) is 28.5 Å². The molecule has 1 unspecified atom stereocenters. The van der Waals surface area contributed by atoms with Crippen LogP contribution in [0.5, 0.6) is 0 Å². The first-order valence-electron chi connectivity index (χ1n) is 11.3. The van der Waals surface area contributed by atoms with Gasteiger partial charge in [-0.05, 0) is 74.0 Å². The molecule has 2 N–H and O–H groups in total. The van der Waals surface area contributed by atoms with Gasteiger partial charge in [0.15, 0.2) is 0 Å². The molecule has 0 aliphatic carbocycles. The van der Waals surface area contributed by atoms with Crippen LogP contribution < -0.4 is 10.2 Å². The first kappa shape index (κ1) is 22.2. The van der Waals surface area contributed by atoms with Gasteiger partial charge in [-0.25, -0.2) is 0 Å². The highest BCUT2D eigenvalue weighted by Gasteiger charge is 2.48. The molecular weight excluding hydrogens is 440 g/mol. The fraction of sp³-hybridized carbons (Fsp3) is 0.103. The van der Waals surface area contributed by atoms with Crippen LogP contribution >= 0.6 is 0 Å². The summed E-state index contributed by atoms with van der Waals surface area (Å²) in [5, 5.41) is 14.6. The maximum atomic E-state index is 13.3. The van der Waals surface area contributed by atoms with Crippen molar-refractivity contribution < 1.29 is 19.1 Å². The number of carbonyl (C=O) groups is 2. The Morgan fingerprint density at radius 2 is 1.60 bits per heavy atom. The van der Waals surface area contributed by atoms with Gasteiger partial charge in [-0.15, -0.1) is 0 Å². The van der Waals surface area contributed by atoms with Crippen LogP contribution in [0.25, 0.3) is 5.76 Å². The van der Waals surface area contributed by atoms with E-state index in [-0.39, 0.29) is 11.3 Å². The molecule has 174 valence electrons. The number of nitrogens with one attached hydrogen (secondary N) is 1. The Hall–Kier alpha value is -4.58. The third kappa shape index (κ3) is 4.10. The standard InChI is InChI=1S/C29H24N2O4/c1-18-10-11-19(2)23(17-18)27(32)25-26(24-9-6-16-35-24)31(29(34)28(25)33)22-14-12-21(13-15-22)30-20-7-4-3-5-8-20/h3-17,26,30,32H,1-2H3/b27-25-. The SMILES string of the molecule is Cc1ccc(C)c(/C(O)=C2/C(=O)C(=O)N(c3ccc(Nc4ccccc4)cc3)C2c2ccco2)c1. The molecule has 1 aromatic heterocycles. The Kier molecular flexibility index (Phi) is 5.71. The molecular formula is C29H24N2O4. The maximum Gasteiger partial charge on any atom is 0.300 e. The lowest BCUT2D eigenvalue weighted by Gasteiger charge is -2.24. The molecule has 1 fully saturated rings. The summed E-state index contributed by atoms with van der Waals surface area (Å²) in [6, 6.07) is 25.1. The molecule has 35 heavy (non-hydrogen) atoms. The van der Waals surface area contributed by atoms with E-state index in [1.807, 2.05) is 68.4 Å². The summed E-state index contributed by atoms with van der Waals surface area (Å²) in [4.78, 5) is 27.9. The second-order valence-electron chi connectivity index (χ2n) is 8.54. The van der Waals surface area contributed by atoms with Crippen LogP contribution in [0.3, 0.4) is 0 Å². The molecule has 6 nitrogen and oxygen atoms in total. The van der Waals surface area contributed by atoms with Gasteiger partial charge in [-0.1, -0.05) is 35.9 Å². The molecule has 2 heterocycles. The largest absolute Gasteiger partial charge is 0.507 e. The van der Waals surface area contributed by atoms with Crippen LogP contribution in [0, 0.1) is 13.8 Å². The molecule has 1 amide bonds. The van der Waals surface area contributed by atoms with Gasteiger partial charge >= 0.3 is 0 Å². The predicted octanol–water partition coefficient (Wildman–Crippen LogP) is 6.27. The molecule has 0 bridgehead atoms. The van der Waals surface area contributed by atoms with Gasteiger partial charge in [-0.3, -0.25) is 14.5 Å². The first-order valence-corrected chi connectivity index (χ1v) is 11.3. The number of nitrogens with zero attached hydrogens (tertiary/aromatic N) is 1. The molecule has 1 aliphatic heterocycles. The first-order chi connectivity index (χ1) is 16.9. The minimum Gasteiger partial charge on any atom is -0.507 e. The number of amides is 1. The molecule has 3 aromatic carbocycles. The number of Topliss-reactive ketones (excluding diaryl/α,β-unsaturated/α-hetero) is 1. The number of benzene rings is 3. The number of anilines is 3. The third-order valence-electron chi connectivity index (χ3n) is 6.11. The fourth-order valence-corrected chi connectivity index (χ4v) is 4.34. The Bertz CT molecular complexity index is 1420. The molecule has 0 radical (unpaired) electrons. The zero-order valence-electron chi connectivity index (χ0n) is 19.4. The Morgan fingerprint density at radius 3 is 2.29 bits per heavy atom. The summed E-state index contributed by atoms with van der Waals surface area (Å²) >= 11 is 0. The van der Waals surface area contributed by atoms with Gasteiger partial charge in [-0.2, -0.15) is 0 Å². The van der Waals surface area contributed by atoms with Crippen LogP contribution in [0.2, 0.25) is 0 Å². The second-order valence-corrected chi connectivity index (χ2v) is 8.54. The van der Waals surface area contributed by atoms with Crippen molar-refractivity contribution in [2.24, 2.45) is 0 Å². The lowest BCUT2D eigenvalue weighted by atomic mass is 9.96. The third-order valence-corrected chi connectivity index (χ3v) is 6.11. The topological polar surface area (TPSA) is 82.8 Å². The lowest BCUT2D eigenvalue weighted by Crippen LogP contribution is -2.29. The number of rotatable bonds is 5. The molecule has 1 aliphatic rings. The van der Waals surface area contributed by atoms with Gasteiger partial charge in [0.05, 0.1) is 11.8 Å². The van der Waals surface area contributed by atoms with Crippen molar-refractivity contribution in [3.8, 4) is 0 Å². The average Bonchev–Trinajstić information content (AvgIpc) is 3.48. The van der Waals surface area contributed by atoms with Crippen molar-refractivity contribution in [2.45, 2.75) is 19.9 Å². The van der Waals surface area contributed by atoms with Gasteiger partial charge in [0.25, 0.3) is 11.7 Å². The number of aliphatic hydroxyl groups is 1. The highest BCUT2D eigenvalue weighted by molar-refractivity contribution is 6.51. The summed E-state index contributed by atoms with van der Waals surface area (Å²) in [5.41, 5.74) is 4.54. The summed E-state index contributed by atoms with van der Waals surface area (Å²) < 4.78 is 5.64. The summed E-state index contributed by atoms with van der Waals surface area (Å²) in [6.07, 6.45) is 1.49. The van der Waals surface area contributed by atoms with E-state index in [1.54, 1.807) is 30.3 Å². The number of hydrogen-bond acceptors (Lipinski definition) is 5. The van der Waals surface area contributed by atoms with E-state index >= 15 is 0 Å². The van der Waals surface area contributed by atoms with E-state index in [1.165, 1.54) is 11.2 Å². The van der Waals surface area contributed by atoms with Crippen molar-refractivity contribution in [2.75, 3.05) is 10.2 Å². The molecule has 6 heteroatoms. The number of furan rings is 1. The van der Waals surface area contributed by atoms with Crippen molar-refractivity contribution >= 4 is 34.5 Å². The van der Waals surface area contributed by atoms with Gasteiger partial charge in [0, 0.05) is 22.6 Å². The Labute approximate surface area is 203 Å². The molecule has 5 rings (SSSR count). The fourth-order valence-electron chi connectivity index (χ4n) is 4.34. The number of hydrogen-bond donors (Lipinski definition) is 2. The number of para-hydroxylation sites is 1. The number of aryl methyl sites for hydroxylation is 2. The zero-order chi connectivity index (χ0) is 24.5. The van der Waals surface area contributed by atoms with E-state index in [2.05, 4.69) is 5.32 Å². The number of carbonyl (C=O) groups excluding carboxylic acids is 2. The molecule has 0 saturated carbocycles. The van der Waals surface area contributed by atoms with Crippen molar-refractivity contribution in [1.29, 1.82) is 0 Å². The Balaban J connectivity index is 1.58. The highest BCUT2D eigenvalue weighted by Crippen LogP contribution is 2.43. The lowest BCUT2D eigenvalue weighted by molar-refractivity contribution is -0.132. The van der Waals surface area contributed by atoms with E-state index < -0.39 is 17.7 Å². The van der Waals surface area contributed by atoms with E-state index in [4.69, 9.17) is 4.42 Å². The van der Waals surface area contributed by atoms with E-state index in [0.29, 0.717) is 17.0 Å². The van der Waals surface area contributed by atoms with Crippen LogP contribution in [-0.4, -0.2) is 16.8 Å². The van der Waals surface area contributed by atoms with Gasteiger partial charge in [0.2, 0.25) is 0 Å². The molecule has 1 saturated heterocycles. The predicted molar refractivity (Wildman–Crippen MR) is 136 cm³/mol. The summed E-state index contributed by atoms with van der Waals surface area (Å²) in [7, 11) is 0. The van der Waals surface area contributed by atoms with Crippen LogP contribution in [-0.2, 0) is 9.59 Å². The molecule has 1 atom stereocenters.